The molecule has 9 heteroatoms. The Balaban J connectivity index is 0.00000272. The van der Waals surface area contributed by atoms with Crippen LogP contribution in [0.2, 0.25) is 0 Å². The number of morpholine rings is 2. The van der Waals surface area contributed by atoms with Crippen LogP contribution in [0.25, 0.3) is 0 Å². The van der Waals surface area contributed by atoms with Gasteiger partial charge in [-0.1, -0.05) is 6.07 Å². The lowest BCUT2D eigenvalue weighted by molar-refractivity contribution is 0.0195. The van der Waals surface area contributed by atoms with E-state index in [0.717, 1.165) is 83.0 Å². The van der Waals surface area contributed by atoms with Crippen LogP contribution in [0.3, 0.4) is 0 Å². The topological polar surface area (TPSA) is 65.5 Å². The van der Waals surface area contributed by atoms with Gasteiger partial charge in [0, 0.05) is 58.1 Å². The molecule has 3 aliphatic rings. The first-order valence-electron chi connectivity index (χ1n) is 11.4. The van der Waals surface area contributed by atoms with E-state index in [1.807, 2.05) is 6.20 Å². The standard InChI is InChI=1S/C22H36N6O2.HI/c1-3-23-22(28-7-6-20(17-28)26-8-11-29-12-9-26)25-15-19-4-5-21(24-14-19)27-10-13-30-18(2)16-27;/h4-5,14,18,20H,3,6-13,15-17H2,1-2H3,(H,23,25);1H. The number of hydrogen-bond acceptors (Lipinski definition) is 6. The van der Waals surface area contributed by atoms with Crippen molar-refractivity contribution in [3.63, 3.8) is 0 Å². The summed E-state index contributed by atoms with van der Waals surface area (Å²) in [6.07, 6.45) is 3.41. The zero-order valence-electron chi connectivity index (χ0n) is 18.8. The number of likely N-dealkylation sites (tertiary alicyclic amines) is 1. The van der Waals surface area contributed by atoms with Crippen molar-refractivity contribution in [2.45, 2.75) is 39.0 Å². The van der Waals surface area contributed by atoms with Crippen molar-refractivity contribution in [3.05, 3.63) is 23.9 Å². The van der Waals surface area contributed by atoms with Crippen LogP contribution in [0.1, 0.15) is 25.8 Å². The Morgan fingerprint density at radius 3 is 2.71 bits per heavy atom. The van der Waals surface area contributed by atoms with Crippen molar-refractivity contribution < 1.29 is 9.47 Å². The predicted molar refractivity (Wildman–Crippen MR) is 134 cm³/mol. The highest BCUT2D eigenvalue weighted by Crippen LogP contribution is 2.18. The Morgan fingerprint density at radius 1 is 1.16 bits per heavy atom. The summed E-state index contributed by atoms with van der Waals surface area (Å²) in [6.45, 7) is 14.2. The molecule has 0 amide bonds. The van der Waals surface area contributed by atoms with Gasteiger partial charge in [-0.25, -0.2) is 9.98 Å². The quantitative estimate of drug-likeness (QED) is 0.345. The summed E-state index contributed by atoms with van der Waals surface area (Å²) < 4.78 is 11.1. The summed E-state index contributed by atoms with van der Waals surface area (Å²) in [5.74, 6) is 2.04. The molecular weight excluding hydrogens is 507 g/mol. The summed E-state index contributed by atoms with van der Waals surface area (Å²) in [5, 5.41) is 3.48. The van der Waals surface area contributed by atoms with Crippen molar-refractivity contribution in [1.29, 1.82) is 0 Å². The van der Waals surface area contributed by atoms with Gasteiger partial charge in [-0.3, -0.25) is 4.90 Å². The van der Waals surface area contributed by atoms with E-state index in [2.05, 4.69) is 51.0 Å². The van der Waals surface area contributed by atoms with Crippen LogP contribution >= 0.6 is 24.0 Å². The van der Waals surface area contributed by atoms with E-state index in [-0.39, 0.29) is 30.1 Å². The molecule has 31 heavy (non-hydrogen) atoms. The van der Waals surface area contributed by atoms with Crippen molar-refractivity contribution in [2.75, 3.05) is 70.5 Å². The molecule has 1 aromatic heterocycles. The molecule has 3 aliphatic heterocycles. The fourth-order valence-corrected chi connectivity index (χ4v) is 4.49. The first-order chi connectivity index (χ1) is 14.7. The number of nitrogens with one attached hydrogen (secondary N) is 1. The van der Waals surface area contributed by atoms with Crippen LogP contribution in [0.15, 0.2) is 23.3 Å². The molecule has 0 spiro atoms. The molecule has 0 radical (unpaired) electrons. The number of aromatic nitrogens is 1. The summed E-state index contributed by atoms with van der Waals surface area (Å²) in [6, 6.07) is 4.87. The lowest BCUT2D eigenvalue weighted by Gasteiger charge is -2.32. The summed E-state index contributed by atoms with van der Waals surface area (Å²) in [4.78, 5) is 16.9. The first-order valence-corrected chi connectivity index (χ1v) is 11.4. The van der Waals surface area contributed by atoms with Crippen LogP contribution in [0, 0.1) is 0 Å². The van der Waals surface area contributed by atoms with Gasteiger partial charge in [-0.2, -0.15) is 0 Å². The monoisotopic (exact) mass is 544 g/mol. The van der Waals surface area contributed by atoms with E-state index in [1.165, 1.54) is 6.42 Å². The van der Waals surface area contributed by atoms with E-state index in [0.29, 0.717) is 12.6 Å². The summed E-state index contributed by atoms with van der Waals surface area (Å²) >= 11 is 0. The minimum absolute atomic E-state index is 0. The van der Waals surface area contributed by atoms with Gasteiger partial charge in [0.25, 0.3) is 0 Å². The highest BCUT2D eigenvalue weighted by Gasteiger charge is 2.30. The van der Waals surface area contributed by atoms with Crippen LogP contribution in [-0.4, -0.2) is 98.5 Å². The van der Waals surface area contributed by atoms with E-state index >= 15 is 0 Å². The second kappa shape index (κ2) is 12.2. The second-order valence-electron chi connectivity index (χ2n) is 8.36. The average molecular weight is 544 g/mol. The molecule has 3 fully saturated rings. The minimum Gasteiger partial charge on any atom is -0.379 e. The largest absolute Gasteiger partial charge is 0.379 e. The third-order valence-electron chi connectivity index (χ3n) is 6.15. The number of pyridine rings is 1. The van der Waals surface area contributed by atoms with E-state index < -0.39 is 0 Å². The van der Waals surface area contributed by atoms with Crippen molar-refractivity contribution in [2.24, 2.45) is 4.99 Å². The molecule has 0 saturated carbocycles. The maximum absolute atomic E-state index is 5.63. The molecule has 2 unspecified atom stereocenters. The summed E-state index contributed by atoms with van der Waals surface area (Å²) in [7, 11) is 0. The molecule has 174 valence electrons. The van der Waals surface area contributed by atoms with Crippen LogP contribution in [0.5, 0.6) is 0 Å². The number of rotatable bonds is 5. The third kappa shape index (κ3) is 6.66. The first kappa shape index (κ1) is 24.5. The van der Waals surface area contributed by atoms with Crippen molar-refractivity contribution >= 4 is 35.8 Å². The molecule has 0 aromatic carbocycles. The van der Waals surface area contributed by atoms with Gasteiger partial charge in [0.2, 0.25) is 0 Å². The van der Waals surface area contributed by atoms with Gasteiger partial charge in [-0.05, 0) is 31.9 Å². The van der Waals surface area contributed by atoms with Gasteiger partial charge >= 0.3 is 0 Å². The molecule has 4 heterocycles. The molecule has 3 saturated heterocycles. The van der Waals surface area contributed by atoms with Crippen molar-refractivity contribution in [3.8, 4) is 0 Å². The number of aliphatic imine (C=N–C) groups is 1. The lowest BCUT2D eigenvalue weighted by atomic mass is 10.2. The highest BCUT2D eigenvalue weighted by molar-refractivity contribution is 14.0. The number of halogens is 1. The number of ether oxygens (including phenoxy) is 2. The van der Waals surface area contributed by atoms with E-state index in [1.54, 1.807) is 0 Å². The smallest absolute Gasteiger partial charge is 0.194 e. The number of anilines is 1. The molecule has 2 atom stereocenters. The highest BCUT2D eigenvalue weighted by atomic mass is 127. The Kier molecular flexibility index (Phi) is 9.61. The molecule has 1 aromatic rings. The average Bonchev–Trinajstić information content (AvgIpc) is 3.28. The molecule has 8 nitrogen and oxygen atoms in total. The number of nitrogens with zero attached hydrogens (tertiary/aromatic N) is 5. The second-order valence-corrected chi connectivity index (χ2v) is 8.36. The molecule has 1 N–H and O–H groups in total. The third-order valence-corrected chi connectivity index (χ3v) is 6.15. The van der Waals surface area contributed by atoms with E-state index in [4.69, 9.17) is 14.5 Å². The van der Waals surface area contributed by atoms with Crippen LogP contribution in [-0.2, 0) is 16.0 Å². The fourth-order valence-electron chi connectivity index (χ4n) is 4.49. The predicted octanol–water partition coefficient (Wildman–Crippen LogP) is 1.80. The van der Waals surface area contributed by atoms with Crippen molar-refractivity contribution in [1.82, 2.24) is 20.1 Å². The zero-order valence-corrected chi connectivity index (χ0v) is 21.2. The normalized spacial score (nSPS) is 25.4. The molecule has 0 aliphatic carbocycles. The minimum atomic E-state index is 0. The Hall–Kier alpha value is -1.17. The fraction of sp³-hybridized carbons (Fsp3) is 0.727. The molecule has 0 bridgehead atoms. The molecular formula is C22H37IN6O2. The van der Waals surface area contributed by atoms with Gasteiger partial charge < -0.3 is 24.6 Å². The Morgan fingerprint density at radius 2 is 2.00 bits per heavy atom. The van der Waals surface area contributed by atoms with Gasteiger partial charge in [0.05, 0.1) is 32.5 Å². The molecule has 4 rings (SSSR count). The lowest BCUT2D eigenvalue weighted by Crippen LogP contribution is -2.46. The summed E-state index contributed by atoms with van der Waals surface area (Å²) in [5.41, 5.74) is 1.14. The maximum atomic E-state index is 5.63. The van der Waals surface area contributed by atoms with Gasteiger partial charge in [0.1, 0.15) is 5.82 Å². The Bertz CT molecular complexity index is 698. The van der Waals surface area contributed by atoms with Crippen LogP contribution in [0.4, 0.5) is 5.82 Å². The van der Waals surface area contributed by atoms with E-state index in [9.17, 15) is 0 Å². The number of hydrogen-bond donors (Lipinski definition) is 1. The van der Waals surface area contributed by atoms with Gasteiger partial charge in [-0.15, -0.1) is 24.0 Å². The zero-order chi connectivity index (χ0) is 20.8. The Labute approximate surface area is 203 Å². The number of guanidine groups is 1. The van der Waals surface area contributed by atoms with Crippen LogP contribution < -0.4 is 10.2 Å². The van der Waals surface area contributed by atoms with Gasteiger partial charge in [0.15, 0.2) is 5.96 Å². The maximum Gasteiger partial charge on any atom is 0.194 e. The SMILES string of the molecule is CCNC(=NCc1ccc(N2CCOC(C)C2)nc1)N1CCC(N2CCOCC2)C1.I.